The predicted octanol–water partition coefficient (Wildman–Crippen LogP) is 4.60. The first-order valence-corrected chi connectivity index (χ1v) is 7.27. The summed E-state index contributed by atoms with van der Waals surface area (Å²) in [7, 11) is 0. The molecule has 2 nitrogen and oxygen atoms in total. The van der Waals surface area contributed by atoms with Crippen LogP contribution in [0.5, 0.6) is 0 Å². The summed E-state index contributed by atoms with van der Waals surface area (Å²) in [5.74, 6) is 0. The average Bonchev–Trinajstić information content (AvgIpc) is 2.36. The van der Waals surface area contributed by atoms with E-state index in [1.54, 1.807) is 0 Å². The van der Waals surface area contributed by atoms with Gasteiger partial charge in [0.25, 0.3) is 0 Å². The van der Waals surface area contributed by atoms with Crippen LogP contribution >= 0.6 is 0 Å². The highest BCUT2D eigenvalue weighted by Gasteiger charge is 2.49. The molecule has 0 aromatic rings. The quantitative estimate of drug-likeness (QED) is 0.714. The molecular formula is C16H38N2. The molecule has 18 heavy (non-hydrogen) atoms. The Hall–Kier alpha value is -0.0800. The summed E-state index contributed by atoms with van der Waals surface area (Å²) >= 11 is 0. The molecule has 2 heteroatoms. The fraction of sp³-hybridized carbons (Fsp3) is 1.00. The Morgan fingerprint density at radius 2 is 1.28 bits per heavy atom. The van der Waals surface area contributed by atoms with E-state index in [-0.39, 0.29) is 13.0 Å². The first kappa shape index (κ1) is 20.2. The van der Waals surface area contributed by atoms with Crippen molar-refractivity contribution in [1.82, 2.24) is 9.80 Å². The highest BCUT2D eigenvalue weighted by Crippen LogP contribution is 2.37. The fourth-order valence-corrected chi connectivity index (χ4v) is 3.50. The van der Waals surface area contributed by atoms with Gasteiger partial charge in [0, 0.05) is 23.7 Å². The first-order chi connectivity index (χ1) is 7.71. The Bertz CT molecular complexity index is 221. The largest absolute Gasteiger partial charge is 0.281 e. The van der Waals surface area contributed by atoms with Crippen molar-refractivity contribution in [1.29, 1.82) is 0 Å². The molecule has 0 radical (unpaired) electrons. The van der Waals surface area contributed by atoms with Crippen LogP contribution in [-0.4, -0.2) is 39.6 Å². The summed E-state index contributed by atoms with van der Waals surface area (Å²) in [6.45, 7) is 22.6. The molecule has 2 unspecified atom stereocenters. The predicted molar refractivity (Wildman–Crippen MR) is 85.0 cm³/mol. The van der Waals surface area contributed by atoms with Gasteiger partial charge in [-0.15, -0.1) is 0 Å². The van der Waals surface area contributed by atoms with Gasteiger partial charge in [-0.25, -0.2) is 0 Å². The lowest BCUT2D eigenvalue weighted by molar-refractivity contribution is 0.0655. The molecule has 1 saturated heterocycles. The van der Waals surface area contributed by atoms with Gasteiger partial charge in [-0.1, -0.05) is 21.3 Å². The topological polar surface area (TPSA) is 6.48 Å². The molecule has 1 heterocycles. The smallest absolute Gasteiger partial charge is 0.0606 e. The molecule has 112 valence electrons. The maximum atomic E-state index is 2.64. The summed E-state index contributed by atoms with van der Waals surface area (Å²) in [6, 6.07) is 1.86. The number of rotatable bonds is 2. The molecule has 1 aliphatic heterocycles. The van der Waals surface area contributed by atoms with Crippen LogP contribution in [0.4, 0.5) is 0 Å². The molecular weight excluding hydrogens is 220 g/mol. The highest BCUT2D eigenvalue weighted by molar-refractivity contribution is 5.03. The lowest BCUT2D eigenvalue weighted by Gasteiger charge is -2.38. The van der Waals surface area contributed by atoms with Crippen molar-refractivity contribution in [2.75, 3.05) is 0 Å². The molecule has 0 bridgehead atoms. The minimum absolute atomic E-state index is 0. The summed E-state index contributed by atoms with van der Waals surface area (Å²) in [5, 5.41) is 0. The van der Waals surface area contributed by atoms with Crippen molar-refractivity contribution in [3.63, 3.8) is 0 Å². The van der Waals surface area contributed by atoms with Crippen molar-refractivity contribution in [2.45, 2.75) is 106 Å². The Balaban J connectivity index is 0. The van der Waals surface area contributed by atoms with Crippen LogP contribution in [0.15, 0.2) is 0 Å². The minimum atomic E-state index is 0. The molecule has 1 aliphatic rings. The van der Waals surface area contributed by atoms with Gasteiger partial charge >= 0.3 is 0 Å². The number of nitrogens with zero attached hydrogens (tertiary/aromatic N) is 2. The average molecular weight is 258 g/mol. The van der Waals surface area contributed by atoms with Crippen LogP contribution in [0.1, 0.15) is 76.7 Å². The molecule has 1 rings (SSSR count). The van der Waals surface area contributed by atoms with Gasteiger partial charge in [-0.2, -0.15) is 0 Å². The second-order valence-corrected chi connectivity index (χ2v) is 6.00. The van der Waals surface area contributed by atoms with Gasteiger partial charge in [-0.05, 0) is 55.4 Å². The molecule has 0 saturated carbocycles. The standard InChI is InChI=1S/C13H28N2.C2H6.CH4/c1-9(2)14-11(5)13(7,8)15(10(3)4)12(14)6;1-2;/h9-12H,1-8H3;1-2H3;1H4. The van der Waals surface area contributed by atoms with Crippen molar-refractivity contribution in [2.24, 2.45) is 0 Å². The van der Waals surface area contributed by atoms with Gasteiger partial charge in [0.2, 0.25) is 0 Å². The van der Waals surface area contributed by atoms with Crippen molar-refractivity contribution >= 4 is 0 Å². The Morgan fingerprint density at radius 1 is 0.889 bits per heavy atom. The van der Waals surface area contributed by atoms with Crippen molar-refractivity contribution in [3.05, 3.63) is 0 Å². The minimum Gasteiger partial charge on any atom is -0.281 e. The van der Waals surface area contributed by atoms with E-state index < -0.39 is 0 Å². The van der Waals surface area contributed by atoms with Crippen LogP contribution in [0.3, 0.4) is 0 Å². The van der Waals surface area contributed by atoms with Crippen molar-refractivity contribution < 1.29 is 0 Å². The Morgan fingerprint density at radius 3 is 1.44 bits per heavy atom. The van der Waals surface area contributed by atoms with E-state index in [0.717, 1.165) is 0 Å². The van der Waals surface area contributed by atoms with Gasteiger partial charge in [-0.3, -0.25) is 9.80 Å². The molecule has 0 amide bonds. The van der Waals surface area contributed by atoms with E-state index >= 15 is 0 Å². The summed E-state index contributed by atoms with van der Waals surface area (Å²) in [4.78, 5) is 5.26. The highest BCUT2D eigenvalue weighted by atomic mass is 15.5. The lowest BCUT2D eigenvalue weighted by Crippen LogP contribution is -2.49. The lowest BCUT2D eigenvalue weighted by atomic mass is 9.94. The Labute approximate surface area is 117 Å². The second kappa shape index (κ2) is 7.49. The van der Waals surface area contributed by atoms with Crippen molar-refractivity contribution in [3.8, 4) is 0 Å². The third kappa shape index (κ3) is 3.48. The zero-order valence-electron chi connectivity index (χ0n) is 13.7. The van der Waals surface area contributed by atoms with Gasteiger partial charge < -0.3 is 0 Å². The van der Waals surface area contributed by atoms with Gasteiger partial charge in [0.05, 0.1) is 6.17 Å². The number of hydrogen-bond donors (Lipinski definition) is 0. The maximum absolute atomic E-state index is 2.64. The maximum Gasteiger partial charge on any atom is 0.0606 e. The van der Waals surface area contributed by atoms with Crippen LogP contribution in [0.2, 0.25) is 0 Å². The summed E-state index contributed by atoms with van der Waals surface area (Å²) < 4.78 is 0. The first-order valence-electron chi connectivity index (χ1n) is 7.27. The Kier molecular flexibility index (Phi) is 8.43. The van der Waals surface area contributed by atoms with E-state index in [9.17, 15) is 0 Å². The summed E-state index contributed by atoms with van der Waals surface area (Å²) in [5.41, 5.74) is 0.276. The summed E-state index contributed by atoms with van der Waals surface area (Å²) in [6.07, 6.45) is 0.551. The normalized spacial score (nSPS) is 28.0. The monoisotopic (exact) mass is 258 g/mol. The van der Waals surface area contributed by atoms with Gasteiger partial charge in [0.15, 0.2) is 0 Å². The second-order valence-electron chi connectivity index (χ2n) is 6.00. The SMILES string of the molecule is C.CC.CC(C)N1C(C)N(C(C)C)C(C)(C)C1C. The van der Waals surface area contributed by atoms with Gasteiger partial charge in [0.1, 0.15) is 0 Å². The van der Waals surface area contributed by atoms with E-state index in [0.29, 0.717) is 24.3 Å². The molecule has 0 spiro atoms. The van der Waals surface area contributed by atoms with E-state index in [1.807, 2.05) is 13.8 Å². The van der Waals surface area contributed by atoms with E-state index in [1.165, 1.54) is 0 Å². The molecule has 0 N–H and O–H groups in total. The number of hydrogen-bond acceptors (Lipinski definition) is 2. The molecule has 1 fully saturated rings. The van der Waals surface area contributed by atoms with E-state index in [2.05, 4.69) is 65.2 Å². The van der Waals surface area contributed by atoms with E-state index in [4.69, 9.17) is 0 Å². The van der Waals surface area contributed by atoms with Crippen LogP contribution in [-0.2, 0) is 0 Å². The molecule has 0 aliphatic carbocycles. The van der Waals surface area contributed by atoms with Crippen LogP contribution in [0, 0.1) is 0 Å². The molecule has 0 aromatic heterocycles. The zero-order valence-corrected chi connectivity index (χ0v) is 13.7. The van der Waals surface area contributed by atoms with Crippen LogP contribution < -0.4 is 0 Å². The molecule has 2 atom stereocenters. The third-order valence-corrected chi connectivity index (χ3v) is 4.12. The third-order valence-electron chi connectivity index (χ3n) is 4.12. The van der Waals surface area contributed by atoms with Crippen LogP contribution in [0.25, 0.3) is 0 Å². The zero-order chi connectivity index (χ0) is 14.0. The fourth-order valence-electron chi connectivity index (χ4n) is 3.50. The molecule has 0 aromatic carbocycles.